The number of hydrogen-bond acceptors (Lipinski definition) is 5. The van der Waals surface area contributed by atoms with Crippen molar-refractivity contribution in [2.24, 2.45) is 0 Å². The summed E-state index contributed by atoms with van der Waals surface area (Å²) in [6, 6.07) is 14.1. The summed E-state index contributed by atoms with van der Waals surface area (Å²) in [5.74, 6) is -0.316. The molecular formula is C22H21N5OS. The van der Waals surface area contributed by atoms with Crippen molar-refractivity contribution in [1.82, 2.24) is 20.0 Å². The third-order valence-corrected chi connectivity index (χ3v) is 5.59. The summed E-state index contributed by atoms with van der Waals surface area (Å²) in [7, 11) is 0. The van der Waals surface area contributed by atoms with Gasteiger partial charge in [0.15, 0.2) is 10.8 Å². The smallest absolute Gasteiger partial charge is 0.279 e. The number of anilines is 1. The summed E-state index contributed by atoms with van der Waals surface area (Å²) >= 11 is 1.39. The summed E-state index contributed by atoms with van der Waals surface area (Å²) in [4.78, 5) is 17.3. The Bertz CT molecular complexity index is 1210. The molecule has 4 aromatic rings. The molecule has 0 saturated carbocycles. The Hall–Kier alpha value is -3.32. The number of benzene rings is 2. The number of nitrogens with one attached hydrogen (secondary N) is 1. The van der Waals surface area contributed by atoms with Gasteiger partial charge in [0.05, 0.1) is 17.1 Å². The third kappa shape index (κ3) is 3.69. The van der Waals surface area contributed by atoms with Gasteiger partial charge in [-0.1, -0.05) is 47.2 Å². The summed E-state index contributed by atoms with van der Waals surface area (Å²) in [6.45, 7) is 7.97. The highest BCUT2D eigenvalue weighted by molar-refractivity contribution is 7.14. The molecule has 4 rings (SSSR count). The Morgan fingerprint density at radius 1 is 1.03 bits per heavy atom. The van der Waals surface area contributed by atoms with Crippen molar-refractivity contribution in [3.8, 4) is 16.9 Å². The molecule has 2 aromatic carbocycles. The van der Waals surface area contributed by atoms with E-state index >= 15 is 0 Å². The first-order valence-electron chi connectivity index (χ1n) is 9.27. The Labute approximate surface area is 173 Å². The highest BCUT2D eigenvalue weighted by Gasteiger charge is 2.19. The molecule has 0 aliphatic carbocycles. The van der Waals surface area contributed by atoms with Gasteiger partial charge in [-0.25, -0.2) is 9.67 Å². The van der Waals surface area contributed by atoms with Gasteiger partial charge in [0, 0.05) is 10.9 Å². The number of thiazole rings is 1. The maximum absolute atomic E-state index is 12.8. The number of nitrogens with zero attached hydrogens (tertiary/aromatic N) is 4. The fraction of sp³-hybridized carbons (Fsp3) is 0.182. The molecule has 7 heteroatoms. The maximum Gasteiger partial charge on any atom is 0.279 e. The minimum atomic E-state index is -0.316. The monoisotopic (exact) mass is 403 g/mol. The number of rotatable bonds is 4. The molecule has 0 radical (unpaired) electrons. The molecular weight excluding hydrogens is 382 g/mol. The number of amides is 1. The van der Waals surface area contributed by atoms with Crippen molar-refractivity contribution in [2.45, 2.75) is 27.7 Å². The Morgan fingerprint density at radius 2 is 1.83 bits per heavy atom. The van der Waals surface area contributed by atoms with E-state index in [9.17, 15) is 4.79 Å². The van der Waals surface area contributed by atoms with Gasteiger partial charge in [0.1, 0.15) is 0 Å². The molecule has 0 saturated heterocycles. The largest absolute Gasteiger partial charge is 0.296 e. The van der Waals surface area contributed by atoms with Gasteiger partial charge in [0.2, 0.25) is 0 Å². The number of carbonyl (C=O) groups is 1. The van der Waals surface area contributed by atoms with Crippen molar-refractivity contribution in [3.63, 3.8) is 0 Å². The van der Waals surface area contributed by atoms with Gasteiger partial charge < -0.3 is 0 Å². The van der Waals surface area contributed by atoms with E-state index < -0.39 is 0 Å². The predicted octanol–water partition coefficient (Wildman–Crippen LogP) is 4.88. The van der Waals surface area contributed by atoms with Crippen LogP contribution >= 0.6 is 11.3 Å². The van der Waals surface area contributed by atoms with Crippen molar-refractivity contribution < 1.29 is 4.79 Å². The van der Waals surface area contributed by atoms with Crippen LogP contribution in [0, 0.1) is 27.7 Å². The van der Waals surface area contributed by atoms with E-state index in [4.69, 9.17) is 0 Å². The highest BCUT2D eigenvalue weighted by atomic mass is 32.1. The van der Waals surface area contributed by atoms with Crippen LogP contribution in [0.25, 0.3) is 16.9 Å². The molecule has 0 aliphatic rings. The molecule has 29 heavy (non-hydrogen) atoms. The first-order valence-corrected chi connectivity index (χ1v) is 10.1. The lowest BCUT2D eigenvalue weighted by Gasteiger charge is -2.06. The van der Waals surface area contributed by atoms with Gasteiger partial charge in [-0.3, -0.25) is 10.1 Å². The van der Waals surface area contributed by atoms with E-state index in [1.54, 1.807) is 4.68 Å². The Balaban J connectivity index is 1.57. The normalized spacial score (nSPS) is 10.9. The number of para-hydroxylation sites is 1. The van der Waals surface area contributed by atoms with E-state index in [1.165, 1.54) is 16.9 Å². The Morgan fingerprint density at radius 3 is 2.59 bits per heavy atom. The average Bonchev–Trinajstić information content (AvgIpc) is 3.29. The summed E-state index contributed by atoms with van der Waals surface area (Å²) in [5.41, 5.74) is 7.22. The van der Waals surface area contributed by atoms with Gasteiger partial charge in [0.25, 0.3) is 5.91 Å². The summed E-state index contributed by atoms with van der Waals surface area (Å²) in [6.07, 6.45) is 0. The lowest BCUT2D eigenvalue weighted by atomic mass is 10.0. The van der Waals surface area contributed by atoms with Crippen LogP contribution in [0.4, 0.5) is 5.13 Å². The van der Waals surface area contributed by atoms with Gasteiger partial charge in [-0.2, -0.15) is 0 Å². The minimum Gasteiger partial charge on any atom is -0.296 e. The summed E-state index contributed by atoms with van der Waals surface area (Å²) < 4.78 is 1.69. The van der Waals surface area contributed by atoms with E-state index in [-0.39, 0.29) is 11.6 Å². The van der Waals surface area contributed by atoms with Crippen LogP contribution in [-0.2, 0) is 0 Å². The molecule has 0 spiro atoms. The molecule has 0 unspecified atom stereocenters. The molecule has 0 fully saturated rings. The SMILES string of the molecule is Cc1ccc(-c2csc(NC(=O)c3nnn(-c4ccccc4C)c3C)n2)c(C)c1. The van der Waals surface area contributed by atoms with E-state index in [0.717, 1.165) is 28.1 Å². The molecule has 2 heterocycles. The van der Waals surface area contributed by atoms with E-state index in [0.29, 0.717) is 10.8 Å². The zero-order valence-corrected chi connectivity index (χ0v) is 17.5. The van der Waals surface area contributed by atoms with E-state index in [1.807, 2.05) is 43.5 Å². The van der Waals surface area contributed by atoms with Crippen molar-refractivity contribution >= 4 is 22.4 Å². The van der Waals surface area contributed by atoms with Gasteiger partial charge in [-0.05, 0) is 44.9 Å². The van der Waals surface area contributed by atoms with Gasteiger partial charge >= 0.3 is 0 Å². The second-order valence-electron chi connectivity index (χ2n) is 7.03. The van der Waals surface area contributed by atoms with Gasteiger partial charge in [-0.15, -0.1) is 16.4 Å². The molecule has 6 nitrogen and oxygen atoms in total. The second kappa shape index (κ2) is 7.60. The molecule has 0 atom stereocenters. The summed E-state index contributed by atoms with van der Waals surface area (Å²) in [5, 5.41) is 13.6. The number of aromatic nitrogens is 4. The second-order valence-corrected chi connectivity index (χ2v) is 7.89. The minimum absolute atomic E-state index is 0.288. The topological polar surface area (TPSA) is 72.7 Å². The zero-order chi connectivity index (χ0) is 20.5. The number of aryl methyl sites for hydroxylation is 3. The first-order chi connectivity index (χ1) is 13.9. The average molecular weight is 404 g/mol. The highest BCUT2D eigenvalue weighted by Crippen LogP contribution is 2.28. The quantitative estimate of drug-likeness (QED) is 0.527. The van der Waals surface area contributed by atoms with Crippen LogP contribution in [0.5, 0.6) is 0 Å². The van der Waals surface area contributed by atoms with Crippen LogP contribution in [0.3, 0.4) is 0 Å². The van der Waals surface area contributed by atoms with Crippen LogP contribution < -0.4 is 5.32 Å². The Kier molecular flexibility index (Phi) is 4.98. The molecule has 146 valence electrons. The number of carbonyl (C=O) groups excluding carboxylic acids is 1. The molecule has 1 amide bonds. The van der Waals surface area contributed by atoms with Crippen LogP contribution in [0.1, 0.15) is 32.9 Å². The lowest BCUT2D eigenvalue weighted by molar-refractivity contribution is 0.102. The fourth-order valence-electron chi connectivity index (χ4n) is 3.28. The standard InChI is InChI=1S/C22H21N5OS/c1-13-9-10-17(15(3)11-13)18-12-29-22(23-18)24-21(28)20-16(4)27(26-25-20)19-8-6-5-7-14(19)2/h5-12H,1-4H3,(H,23,24,28). The first kappa shape index (κ1) is 19.0. The van der Waals surface area contributed by atoms with Crippen molar-refractivity contribution in [1.29, 1.82) is 0 Å². The third-order valence-electron chi connectivity index (χ3n) is 4.84. The maximum atomic E-state index is 12.8. The molecule has 0 bridgehead atoms. The molecule has 2 aromatic heterocycles. The van der Waals surface area contributed by atoms with Crippen molar-refractivity contribution in [2.75, 3.05) is 5.32 Å². The molecule has 1 N–H and O–H groups in total. The lowest BCUT2D eigenvalue weighted by Crippen LogP contribution is -2.14. The van der Waals surface area contributed by atoms with Crippen LogP contribution in [0.15, 0.2) is 47.8 Å². The van der Waals surface area contributed by atoms with Crippen LogP contribution in [0.2, 0.25) is 0 Å². The predicted molar refractivity (Wildman–Crippen MR) is 116 cm³/mol. The molecule has 0 aliphatic heterocycles. The number of hydrogen-bond donors (Lipinski definition) is 1. The van der Waals surface area contributed by atoms with Crippen LogP contribution in [-0.4, -0.2) is 25.9 Å². The zero-order valence-electron chi connectivity index (χ0n) is 16.7. The van der Waals surface area contributed by atoms with E-state index in [2.05, 4.69) is 52.7 Å². The van der Waals surface area contributed by atoms with Crippen molar-refractivity contribution in [3.05, 3.63) is 75.9 Å². The fourth-order valence-corrected chi connectivity index (χ4v) is 3.99.